The molecule has 0 radical (unpaired) electrons. The molecule has 4 rings (SSSR count). The summed E-state index contributed by atoms with van der Waals surface area (Å²) in [6.07, 6.45) is 5.11. The van der Waals surface area contributed by atoms with Crippen LogP contribution in [0.2, 0.25) is 0 Å². The van der Waals surface area contributed by atoms with Gasteiger partial charge in [-0.3, -0.25) is 0 Å². The maximum absolute atomic E-state index is 13.9. The summed E-state index contributed by atoms with van der Waals surface area (Å²) in [6, 6.07) is 9.09. The average molecular weight is 381 g/mol. The molecule has 3 heterocycles. The minimum atomic E-state index is -0.332. The van der Waals surface area contributed by atoms with Gasteiger partial charge in [-0.25, -0.2) is 14.2 Å². The van der Waals surface area contributed by atoms with Crippen LogP contribution in [0.1, 0.15) is 17.5 Å². The summed E-state index contributed by atoms with van der Waals surface area (Å²) in [5.74, 6) is 0.0170. The third kappa shape index (κ3) is 3.93. The Hall–Kier alpha value is -3.09. The fourth-order valence-electron chi connectivity index (χ4n) is 3.73. The second-order valence-electron chi connectivity index (χ2n) is 7.25. The topological polar surface area (TPSA) is 73.1 Å². The Bertz CT molecular complexity index is 986. The monoisotopic (exact) mass is 381 g/mol. The molecule has 1 aliphatic heterocycles. The van der Waals surface area contributed by atoms with E-state index in [1.54, 1.807) is 12.3 Å². The Labute approximate surface area is 163 Å². The number of H-pyrrole nitrogens is 1. The second kappa shape index (κ2) is 7.88. The highest BCUT2D eigenvalue weighted by atomic mass is 19.1. The third-order valence-corrected chi connectivity index (χ3v) is 5.16. The highest BCUT2D eigenvalue weighted by molar-refractivity contribution is 5.84. The first-order valence-corrected chi connectivity index (χ1v) is 9.56. The van der Waals surface area contributed by atoms with Crippen LogP contribution in [0.5, 0.6) is 0 Å². The third-order valence-electron chi connectivity index (χ3n) is 5.16. The van der Waals surface area contributed by atoms with Crippen LogP contribution in [0, 0.1) is 12.7 Å². The van der Waals surface area contributed by atoms with Gasteiger partial charge in [0.25, 0.3) is 0 Å². The average Bonchev–Trinajstić information content (AvgIpc) is 3.29. The molecule has 2 aromatic heterocycles. The molecular formula is C21H24FN5O. The molecule has 28 heavy (non-hydrogen) atoms. The number of hydrogen-bond acceptors (Lipinski definition) is 3. The Morgan fingerprint density at radius 2 is 2.29 bits per heavy atom. The molecule has 1 saturated heterocycles. The van der Waals surface area contributed by atoms with Gasteiger partial charge in [0.15, 0.2) is 11.6 Å². The number of nitrogens with one attached hydrogen (secondary N) is 3. The number of urea groups is 1. The van der Waals surface area contributed by atoms with Gasteiger partial charge in [-0.2, -0.15) is 0 Å². The minimum absolute atomic E-state index is 0.0165. The molecule has 7 heteroatoms. The van der Waals surface area contributed by atoms with Crippen LogP contribution in [-0.2, 0) is 6.42 Å². The van der Waals surface area contributed by atoms with Crippen molar-refractivity contribution in [3.8, 4) is 0 Å². The number of nitrogens with zero attached hydrogens (tertiary/aromatic N) is 2. The summed E-state index contributed by atoms with van der Waals surface area (Å²) in [7, 11) is 0. The standard InChI is InChI=1S/C21H24FN5O/c1-14-4-5-19-17(11-14)15(12-25-19)6-9-24-21(28)26-16-7-10-27(13-16)20-18(22)3-2-8-23-20/h2-5,8,11-12,16,25H,6-7,9-10,13H2,1H3,(H2,24,26,28). The zero-order chi connectivity index (χ0) is 19.5. The first kappa shape index (κ1) is 18.3. The molecule has 1 fully saturated rings. The van der Waals surface area contributed by atoms with E-state index < -0.39 is 0 Å². The number of carbonyl (C=O) groups excluding carboxylic acids is 1. The van der Waals surface area contributed by atoms with Gasteiger partial charge in [0.05, 0.1) is 0 Å². The van der Waals surface area contributed by atoms with Gasteiger partial charge in [-0.1, -0.05) is 11.6 Å². The Morgan fingerprint density at radius 1 is 1.39 bits per heavy atom. The summed E-state index contributed by atoms with van der Waals surface area (Å²) in [4.78, 5) is 21.5. The van der Waals surface area contributed by atoms with E-state index in [1.807, 2.05) is 11.1 Å². The largest absolute Gasteiger partial charge is 0.361 e. The lowest BCUT2D eigenvalue weighted by Gasteiger charge is -2.18. The number of carbonyl (C=O) groups is 1. The van der Waals surface area contributed by atoms with Crippen molar-refractivity contribution in [2.24, 2.45) is 0 Å². The smallest absolute Gasteiger partial charge is 0.315 e. The number of aromatic nitrogens is 2. The molecule has 3 N–H and O–H groups in total. The highest BCUT2D eigenvalue weighted by Gasteiger charge is 2.26. The van der Waals surface area contributed by atoms with E-state index in [4.69, 9.17) is 0 Å². The summed E-state index contributed by atoms with van der Waals surface area (Å²) >= 11 is 0. The molecule has 6 nitrogen and oxygen atoms in total. The van der Waals surface area contributed by atoms with E-state index in [1.165, 1.54) is 22.6 Å². The first-order valence-electron chi connectivity index (χ1n) is 9.56. The second-order valence-corrected chi connectivity index (χ2v) is 7.25. The van der Waals surface area contributed by atoms with E-state index in [2.05, 4.69) is 45.7 Å². The van der Waals surface area contributed by atoms with Crippen molar-refractivity contribution in [2.75, 3.05) is 24.5 Å². The molecule has 0 spiro atoms. The molecule has 0 bridgehead atoms. The number of amides is 2. The minimum Gasteiger partial charge on any atom is -0.361 e. The molecule has 0 aliphatic carbocycles. The van der Waals surface area contributed by atoms with Gasteiger partial charge >= 0.3 is 6.03 Å². The van der Waals surface area contributed by atoms with Crippen molar-refractivity contribution >= 4 is 22.8 Å². The number of anilines is 1. The van der Waals surface area contributed by atoms with Gasteiger partial charge in [0.2, 0.25) is 0 Å². The van der Waals surface area contributed by atoms with Gasteiger partial charge in [-0.15, -0.1) is 0 Å². The Morgan fingerprint density at radius 3 is 3.14 bits per heavy atom. The number of pyridine rings is 1. The summed E-state index contributed by atoms with van der Waals surface area (Å²) < 4.78 is 13.9. The highest BCUT2D eigenvalue weighted by Crippen LogP contribution is 2.21. The van der Waals surface area contributed by atoms with Crippen LogP contribution in [0.15, 0.2) is 42.7 Å². The van der Waals surface area contributed by atoms with Gasteiger partial charge in [0.1, 0.15) is 0 Å². The predicted molar refractivity (Wildman–Crippen MR) is 108 cm³/mol. The molecule has 1 aliphatic rings. The zero-order valence-corrected chi connectivity index (χ0v) is 15.8. The van der Waals surface area contributed by atoms with Crippen LogP contribution < -0.4 is 15.5 Å². The number of hydrogen-bond donors (Lipinski definition) is 3. The molecule has 1 atom stereocenters. The molecular weight excluding hydrogens is 357 g/mol. The van der Waals surface area contributed by atoms with E-state index in [0.717, 1.165) is 18.4 Å². The van der Waals surface area contributed by atoms with Gasteiger partial charge in [0, 0.05) is 49.0 Å². The van der Waals surface area contributed by atoms with Crippen LogP contribution in [-0.4, -0.2) is 41.7 Å². The number of aromatic amines is 1. The Balaban J connectivity index is 1.26. The summed E-state index contributed by atoms with van der Waals surface area (Å²) in [5, 5.41) is 7.10. The Kier molecular flexibility index (Phi) is 5.14. The SMILES string of the molecule is Cc1ccc2[nH]cc(CCNC(=O)NC3CCN(c4ncccc4F)C3)c2c1. The number of benzene rings is 1. The summed E-state index contributed by atoms with van der Waals surface area (Å²) in [5.41, 5.74) is 3.52. The van der Waals surface area contributed by atoms with Crippen molar-refractivity contribution in [3.63, 3.8) is 0 Å². The maximum atomic E-state index is 13.9. The molecule has 1 unspecified atom stereocenters. The van der Waals surface area contributed by atoms with Crippen LogP contribution >= 0.6 is 0 Å². The van der Waals surface area contributed by atoms with Crippen molar-refractivity contribution in [2.45, 2.75) is 25.8 Å². The molecule has 0 saturated carbocycles. The van der Waals surface area contributed by atoms with E-state index in [-0.39, 0.29) is 17.9 Å². The van der Waals surface area contributed by atoms with E-state index in [9.17, 15) is 9.18 Å². The lowest BCUT2D eigenvalue weighted by molar-refractivity contribution is 0.238. The molecule has 146 valence electrons. The zero-order valence-electron chi connectivity index (χ0n) is 15.8. The van der Waals surface area contributed by atoms with Gasteiger partial charge in [-0.05, 0) is 49.6 Å². The normalized spacial score (nSPS) is 16.5. The number of halogens is 1. The van der Waals surface area contributed by atoms with Crippen molar-refractivity contribution in [3.05, 3.63) is 59.7 Å². The first-order chi connectivity index (χ1) is 13.6. The fraction of sp³-hybridized carbons (Fsp3) is 0.333. The summed E-state index contributed by atoms with van der Waals surface area (Å²) in [6.45, 7) is 3.86. The number of aryl methyl sites for hydroxylation is 1. The quantitative estimate of drug-likeness (QED) is 0.636. The lowest BCUT2D eigenvalue weighted by atomic mass is 10.1. The van der Waals surface area contributed by atoms with Crippen LogP contribution in [0.3, 0.4) is 0 Å². The van der Waals surface area contributed by atoms with Crippen LogP contribution in [0.4, 0.5) is 15.0 Å². The van der Waals surface area contributed by atoms with Crippen molar-refractivity contribution < 1.29 is 9.18 Å². The van der Waals surface area contributed by atoms with Crippen molar-refractivity contribution in [1.29, 1.82) is 0 Å². The molecule has 2 amide bonds. The molecule has 3 aromatic rings. The predicted octanol–water partition coefficient (Wildman–Crippen LogP) is 3.13. The molecule has 1 aromatic carbocycles. The maximum Gasteiger partial charge on any atom is 0.315 e. The van der Waals surface area contributed by atoms with Crippen LogP contribution in [0.25, 0.3) is 10.9 Å². The van der Waals surface area contributed by atoms with Gasteiger partial charge < -0.3 is 20.5 Å². The fourth-order valence-corrected chi connectivity index (χ4v) is 3.73. The van der Waals surface area contributed by atoms with Crippen molar-refractivity contribution in [1.82, 2.24) is 20.6 Å². The number of fused-ring (bicyclic) bond motifs is 1. The number of rotatable bonds is 5. The van der Waals surface area contributed by atoms with E-state index in [0.29, 0.717) is 25.5 Å². The van der Waals surface area contributed by atoms with E-state index >= 15 is 0 Å². The lowest BCUT2D eigenvalue weighted by Crippen LogP contribution is -2.44.